The highest BCUT2D eigenvalue weighted by molar-refractivity contribution is 5.37. The van der Waals surface area contributed by atoms with Gasteiger partial charge in [0, 0.05) is 30.6 Å². The molecule has 0 radical (unpaired) electrons. The molecule has 0 aliphatic heterocycles. The second-order valence-corrected chi connectivity index (χ2v) is 3.75. The van der Waals surface area contributed by atoms with Gasteiger partial charge < -0.3 is 5.32 Å². The van der Waals surface area contributed by atoms with Crippen LogP contribution < -0.4 is 5.32 Å². The summed E-state index contributed by atoms with van der Waals surface area (Å²) >= 11 is 0. The van der Waals surface area contributed by atoms with Crippen LogP contribution in [0.2, 0.25) is 0 Å². The summed E-state index contributed by atoms with van der Waals surface area (Å²) in [5, 5.41) is 3.25. The maximum atomic E-state index is 4.55. The molecule has 1 aliphatic rings. The van der Waals surface area contributed by atoms with E-state index in [4.69, 9.17) is 0 Å². The van der Waals surface area contributed by atoms with Crippen molar-refractivity contribution in [3.8, 4) is 0 Å². The highest BCUT2D eigenvalue weighted by atomic mass is 15.0. The smallest absolute Gasteiger partial charge is 0.130 e. The van der Waals surface area contributed by atoms with Crippen LogP contribution in [0, 0.1) is 0 Å². The monoisotopic (exact) mass is 191 g/mol. The number of nitrogens with zero attached hydrogens (tertiary/aromatic N) is 2. The molecule has 0 saturated heterocycles. The van der Waals surface area contributed by atoms with E-state index in [-0.39, 0.29) is 0 Å². The first-order chi connectivity index (χ1) is 6.83. The van der Waals surface area contributed by atoms with Gasteiger partial charge in [-0.1, -0.05) is 6.92 Å². The minimum absolute atomic E-state index is 0.709. The Kier molecular flexibility index (Phi) is 2.66. The predicted octanol–water partition coefficient (Wildman–Crippen LogP) is 2.35. The van der Waals surface area contributed by atoms with Crippen LogP contribution in [0.25, 0.3) is 0 Å². The molecule has 0 atom stereocenters. The lowest BCUT2D eigenvalue weighted by molar-refractivity contribution is 0.881. The van der Waals surface area contributed by atoms with Crippen LogP contribution in [0.5, 0.6) is 0 Å². The van der Waals surface area contributed by atoms with Gasteiger partial charge in [-0.25, -0.2) is 9.97 Å². The maximum absolute atomic E-state index is 4.55. The maximum Gasteiger partial charge on any atom is 0.130 e. The minimum atomic E-state index is 0.709. The third-order valence-electron chi connectivity index (χ3n) is 2.46. The molecule has 1 fully saturated rings. The molecule has 1 heterocycles. The summed E-state index contributed by atoms with van der Waals surface area (Å²) in [5.74, 6) is 2.66. The molecule has 1 aromatic rings. The van der Waals surface area contributed by atoms with Gasteiger partial charge in [0.05, 0.1) is 0 Å². The highest BCUT2D eigenvalue weighted by Crippen LogP contribution is 2.39. The molecule has 1 N–H and O–H groups in total. The summed E-state index contributed by atoms with van der Waals surface area (Å²) in [4.78, 5) is 8.97. The van der Waals surface area contributed by atoms with Crippen LogP contribution in [0.15, 0.2) is 6.07 Å². The van der Waals surface area contributed by atoms with Crippen molar-refractivity contribution in [1.29, 1.82) is 0 Å². The summed E-state index contributed by atoms with van der Waals surface area (Å²) in [6.07, 6.45) is 3.51. The Morgan fingerprint density at radius 3 is 2.71 bits per heavy atom. The van der Waals surface area contributed by atoms with E-state index in [0.717, 1.165) is 24.6 Å². The first-order valence-electron chi connectivity index (χ1n) is 5.45. The molecule has 3 nitrogen and oxygen atoms in total. The van der Waals surface area contributed by atoms with E-state index in [9.17, 15) is 0 Å². The Hall–Kier alpha value is -1.12. The Labute approximate surface area is 85.0 Å². The predicted molar refractivity (Wildman–Crippen MR) is 57.5 cm³/mol. The van der Waals surface area contributed by atoms with E-state index < -0.39 is 0 Å². The van der Waals surface area contributed by atoms with Crippen LogP contribution in [0.3, 0.4) is 0 Å². The standard InChI is InChI=1S/C11H17N3/c1-3-10-13-9(8-5-6-8)7-11(14-10)12-4-2/h7-8H,3-6H2,1-2H3,(H,12,13,14). The highest BCUT2D eigenvalue weighted by Gasteiger charge is 2.25. The molecule has 3 heteroatoms. The third-order valence-corrected chi connectivity index (χ3v) is 2.46. The summed E-state index contributed by atoms with van der Waals surface area (Å²) in [6.45, 7) is 5.11. The zero-order valence-corrected chi connectivity index (χ0v) is 8.88. The second-order valence-electron chi connectivity index (χ2n) is 3.75. The van der Waals surface area contributed by atoms with E-state index in [2.05, 4.69) is 35.2 Å². The van der Waals surface area contributed by atoms with Crippen molar-refractivity contribution in [3.05, 3.63) is 17.6 Å². The van der Waals surface area contributed by atoms with Gasteiger partial charge in [-0.05, 0) is 19.8 Å². The van der Waals surface area contributed by atoms with Gasteiger partial charge in [0.2, 0.25) is 0 Å². The number of nitrogens with one attached hydrogen (secondary N) is 1. The van der Waals surface area contributed by atoms with Crippen molar-refractivity contribution >= 4 is 5.82 Å². The van der Waals surface area contributed by atoms with Gasteiger partial charge in [0.15, 0.2) is 0 Å². The Morgan fingerprint density at radius 2 is 2.14 bits per heavy atom. The topological polar surface area (TPSA) is 37.8 Å². The van der Waals surface area contributed by atoms with Crippen LogP contribution in [0.1, 0.15) is 44.1 Å². The Balaban J connectivity index is 2.26. The molecule has 0 amide bonds. The first kappa shape index (κ1) is 9.44. The van der Waals surface area contributed by atoms with E-state index in [1.54, 1.807) is 0 Å². The normalized spacial score (nSPS) is 15.6. The SMILES string of the molecule is CCNc1cc(C2CC2)nc(CC)n1. The minimum Gasteiger partial charge on any atom is -0.370 e. The third kappa shape index (κ3) is 2.03. The molecule has 1 aromatic heterocycles. The van der Waals surface area contributed by atoms with Crippen molar-refractivity contribution < 1.29 is 0 Å². The molecule has 76 valence electrons. The lowest BCUT2D eigenvalue weighted by Crippen LogP contribution is -2.05. The largest absolute Gasteiger partial charge is 0.370 e. The van der Waals surface area contributed by atoms with E-state index >= 15 is 0 Å². The Morgan fingerprint density at radius 1 is 1.36 bits per heavy atom. The fraction of sp³-hybridized carbons (Fsp3) is 0.636. The zero-order valence-electron chi connectivity index (χ0n) is 8.88. The van der Waals surface area contributed by atoms with Gasteiger partial charge in [-0.15, -0.1) is 0 Å². The van der Waals surface area contributed by atoms with E-state index in [1.807, 2.05) is 0 Å². The molecular weight excluding hydrogens is 174 g/mol. The molecule has 0 bridgehead atoms. The van der Waals surface area contributed by atoms with Crippen molar-refractivity contribution in [1.82, 2.24) is 9.97 Å². The van der Waals surface area contributed by atoms with Crippen molar-refractivity contribution in [2.75, 3.05) is 11.9 Å². The molecule has 1 saturated carbocycles. The average molecular weight is 191 g/mol. The van der Waals surface area contributed by atoms with Gasteiger partial charge >= 0.3 is 0 Å². The molecule has 0 aromatic carbocycles. The fourth-order valence-corrected chi connectivity index (χ4v) is 1.54. The van der Waals surface area contributed by atoms with E-state index in [1.165, 1.54) is 18.5 Å². The Bertz CT molecular complexity index is 318. The van der Waals surface area contributed by atoms with E-state index in [0.29, 0.717) is 5.92 Å². The molecule has 2 rings (SSSR count). The molecule has 14 heavy (non-hydrogen) atoms. The first-order valence-corrected chi connectivity index (χ1v) is 5.45. The van der Waals surface area contributed by atoms with Crippen LogP contribution in [-0.4, -0.2) is 16.5 Å². The number of hydrogen-bond acceptors (Lipinski definition) is 3. The van der Waals surface area contributed by atoms with Crippen molar-refractivity contribution in [2.45, 2.75) is 39.0 Å². The number of hydrogen-bond donors (Lipinski definition) is 1. The zero-order chi connectivity index (χ0) is 9.97. The van der Waals surface area contributed by atoms with Gasteiger partial charge in [-0.3, -0.25) is 0 Å². The molecular formula is C11H17N3. The number of aryl methyl sites for hydroxylation is 1. The van der Waals surface area contributed by atoms with Gasteiger partial charge in [0.1, 0.15) is 11.6 Å². The van der Waals surface area contributed by atoms with Crippen molar-refractivity contribution in [3.63, 3.8) is 0 Å². The molecule has 1 aliphatic carbocycles. The van der Waals surface area contributed by atoms with Crippen LogP contribution in [0.4, 0.5) is 5.82 Å². The lowest BCUT2D eigenvalue weighted by Gasteiger charge is -2.06. The second kappa shape index (κ2) is 3.95. The van der Waals surface area contributed by atoms with Gasteiger partial charge in [0.25, 0.3) is 0 Å². The number of aromatic nitrogens is 2. The van der Waals surface area contributed by atoms with Crippen molar-refractivity contribution in [2.24, 2.45) is 0 Å². The van der Waals surface area contributed by atoms with Gasteiger partial charge in [-0.2, -0.15) is 0 Å². The fourth-order valence-electron chi connectivity index (χ4n) is 1.54. The number of anilines is 1. The van der Waals surface area contributed by atoms with Crippen LogP contribution >= 0.6 is 0 Å². The summed E-state index contributed by atoms with van der Waals surface area (Å²) in [7, 11) is 0. The molecule has 0 unspecified atom stereocenters. The quantitative estimate of drug-likeness (QED) is 0.793. The average Bonchev–Trinajstić information content (AvgIpc) is 3.01. The van der Waals surface area contributed by atoms with Crippen LogP contribution in [-0.2, 0) is 6.42 Å². The summed E-state index contributed by atoms with van der Waals surface area (Å²) in [6, 6.07) is 2.10. The summed E-state index contributed by atoms with van der Waals surface area (Å²) in [5.41, 5.74) is 1.23. The number of rotatable bonds is 4. The lowest BCUT2D eigenvalue weighted by atomic mass is 10.2. The summed E-state index contributed by atoms with van der Waals surface area (Å²) < 4.78 is 0. The molecule has 0 spiro atoms.